The fraction of sp³-hybridized carbons (Fsp3) is 0.400. The fourth-order valence-electron chi connectivity index (χ4n) is 0.216. The molecule has 0 bridgehead atoms. The third-order valence-electron chi connectivity index (χ3n) is 0.453. The molecular weight excluding hydrogens is 204 g/mol. The van der Waals surface area contributed by atoms with Gasteiger partial charge in [-0.25, -0.2) is 4.79 Å². The molecule has 78 valence electrons. The molecule has 0 aromatic rings. The largest absolute Gasteiger partial charge is 0.433 e. The predicted molar refractivity (Wildman–Crippen MR) is 42.1 cm³/mol. The lowest BCUT2D eigenvalue weighted by Crippen LogP contribution is -2.10. The molecule has 0 saturated carbocycles. The molecule has 1 unspecified atom stereocenters. The number of rotatable bonds is 2. The van der Waals surface area contributed by atoms with E-state index in [2.05, 4.69) is 11.3 Å². The van der Waals surface area contributed by atoms with Gasteiger partial charge in [0.1, 0.15) is 0 Å². The lowest BCUT2D eigenvalue weighted by molar-refractivity contribution is -0.158. The number of hydrogen-bond donors (Lipinski definition) is 3. The number of hydrogen-bond acceptors (Lipinski definition) is 5. The first-order valence-electron chi connectivity index (χ1n) is 2.87. The average molecular weight is 214 g/mol. The van der Waals surface area contributed by atoms with E-state index in [0.29, 0.717) is 0 Å². The summed E-state index contributed by atoms with van der Waals surface area (Å²) in [5, 5.41) is 8.36. The molecule has 0 fully saturated rings. The van der Waals surface area contributed by atoms with Gasteiger partial charge in [0.15, 0.2) is 6.29 Å². The quantitative estimate of drug-likeness (QED) is 0.243. The Morgan fingerprint density at radius 2 is 1.85 bits per heavy atom. The van der Waals surface area contributed by atoms with Crippen LogP contribution >= 0.6 is 0 Å². The first kappa shape index (κ1) is 14.6. The van der Waals surface area contributed by atoms with Crippen molar-refractivity contribution >= 4 is 16.4 Å². The van der Waals surface area contributed by atoms with E-state index in [-0.39, 0.29) is 0 Å². The van der Waals surface area contributed by atoms with Crippen molar-refractivity contribution in [1.29, 1.82) is 0 Å². The van der Waals surface area contributed by atoms with Crippen molar-refractivity contribution in [1.82, 2.24) is 0 Å². The Labute approximate surface area is 75.2 Å². The second-order valence-electron chi connectivity index (χ2n) is 1.69. The molecular formula is C5H10O7S. The van der Waals surface area contributed by atoms with E-state index < -0.39 is 22.7 Å². The van der Waals surface area contributed by atoms with Crippen LogP contribution in [0.5, 0.6) is 0 Å². The maximum Gasteiger partial charge on any atom is 0.394 e. The first-order chi connectivity index (χ1) is 5.66. The van der Waals surface area contributed by atoms with Crippen LogP contribution in [-0.4, -0.2) is 34.9 Å². The molecule has 7 nitrogen and oxygen atoms in total. The van der Waals surface area contributed by atoms with Crippen molar-refractivity contribution in [2.45, 2.75) is 13.2 Å². The standard InChI is InChI=1S/C5H8O3.H2O4S/c1-3-5(7)8-4(2)6;1-5(2,3)4/h3-4,6H,1H2,2H3;(H2,1,2,3,4). The molecule has 13 heavy (non-hydrogen) atoms. The number of esters is 1. The molecule has 0 aromatic heterocycles. The van der Waals surface area contributed by atoms with E-state index >= 15 is 0 Å². The molecule has 0 aliphatic rings. The van der Waals surface area contributed by atoms with E-state index in [0.717, 1.165) is 6.08 Å². The van der Waals surface area contributed by atoms with Crippen LogP contribution in [0.1, 0.15) is 6.92 Å². The highest BCUT2D eigenvalue weighted by Gasteiger charge is 1.97. The van der Waals surface area contributed by atoms with Gasteiger partial charge < -0.3 is 9.84 Å². The van der Waals surface area contributed by atoms with Gasteiger partial charge in [-0.2, -0.15) is 8.42 Å². The van der Waals surface area contributed by atoms with Gasteiger partial charge in [-0.1, -0.05) is 6.58 Å². The van der Waals surface area contributed by atoms with Gasteiger partial charge in [-0.15, -0.1) is 0 Å². The fourth-order valence-corrected chi connectivity index (χ4v) is 0.216. The zero-order valence-corrected chi connectivity index (χ0v) is 7.56. The van der Waals surface area contributed by atoms with Crippen LogP contribution in [0.25, 0.3) is 0 Å². The third kappa shape index (κ3) is 35.5. The monoisotopic (exact) mass is 214 g/mol. The first-order valence-corrected chi connectivity index (χ1v) is 4.27. The van der Waals surface area contributed by atoms with Crippen molar-refractivity contribution < 1.29 is 32.2 Å². The van der Waals surface area contributed by atoms with Crippen molar-refractivity contribution in [3.8, 4) is 0 Å². The Morgan fingerprint density at radius 1 is 1.54 bits per heavy atom. The molecule has 0 aromatic carbocycles. The van der Waals surface area contributed by atoms with Crippen molar-refractivity contribution in [3.63, 3.8) is 0 Å². The Balaban J connectivity index is 0. The topological polar surface area (TPSA) is 121 Å². The molecule has 0 saturated heterocycles. The Bertz CT molecular complexity index is 244. The highest BCUT2D eigenvalue weighted by atomic mass is 32.3. The molecule has 0 aliphatic heterocycles. The lowest BCUT2D eigenvalue weighted by Gasteiger charge is -2.01. The number of carbonyl (C=O) groups is 1. The number of aliphatic hydroxyl groups is 1. The lowest BCUT2D eigenvalue weighted by atomic mass is 10.6. The van der Waals surface area contributed by atoms with Gasteiger partial charge in [0.05, 0.1) is 0 Å². The zero-order chi connectivity index (χ0) is 11.1. The number of carbonyl (C=O) groups excluding carboxylic acids is 1. The molecule has 1 atom stereocenters. The second-order valence-corrected chi connectivity index (χ2v) is 2.58. The van der Waals surface area contributed by atoms with Crippen molar-refractivity contribution in [3.05, 3.63) is 12.7 Å². The summed E-state index contributed by atoms with van der Waals surface area (Å²) >= 11 is 0. The minimum absolute atomic E-state index is 0.611. The van der Waals surface area contributed by atoms with Gasteiger partial charge in [-0.05, 0) is 6.92 Å². The highest BCUT2D eigenvalue weighted by molar-refractivity contribution is 7.79. The van der Waals surface area contributed by atoms with Gasteiger partial charge in [0.25, 0.3) is 0 Å². The Hall–Kier alpha value is -0.960. The maximum atomic E-state index is 10.1. The third-order valence-corrected chi connectivity index (χ3v) is 0.453. The molecule has 0 radical (unpaired) electrons. The SMILES string of the molecule is C=CC(=O)OC(C)O.O=S(=O)(O)O. The van der Waals surface area contributed by atoms with Crippen LogP contribution in [-0.2, 0) is 19.9 Å². The summed E-state index contributed by atoms with van der Waals surface area (Å²) in [6.45, 7) is 4.48. The van der Waals surface area contributed by atoms with Gasteiger partial charge in [0.2, 0.25) is 0 Å². The minimum Gasteiger partial charge on any atom is -0.433 e. The van der Waals surface area contributed by atoms with Crippen LogP contribution in [0, 0.1) is 0 Å². The summed E-state index contributed by atoms with van der Waals surface area (Å²) < 4.78 is 35.8. The summed E-state index contributed by atoms with van der Waals surface area (Å²) in [5.74, 6) is -0.611. The molecule has 0 aliphatic carbocycles. The summed E-state index contributed by atoms with van der Waals surface area (Å²) in [4.78, 5) is 10.1. The summed E-state index contributed by atoms with van der Waals surface area (Å²) in [6, 6.07) is 0. The maximum absolute atomic E-state index is 10.1. The van der Waals surface area contributed by atoms with Crippen molar-refractivity contribution in [2.24, 2.45) is 0 Å². The smallest absolute Gasteiger partial charge is 0.394 e. The van der Waals surface area contributed by atoms with E-state index in [1.807, 2.05) is 0 Å². The molecule has 0 spiro atoms. The van der Waals surface area contributed by atoms with Crippen LogP contribution in [0.3, 0.4) is 0 Å². The van der Waals surface area contributed by atoms with Crippen molar-refractivity contribution in [2.75, 3.05) is 0 Å². The predicted octanol–water partition coefficient (Wildman–Crippen LogP) is -0.599. The molecule has 0 amide bonds. The van der Waals surface area contributed by atoms with E-state index in [1.54, 1.807) is 0 Å². The Kier molecular flexibility index (Phi) is 7.33. The summed E-state index contributed by atoms with van der Waals surface area (Å²) in [5.41, 5.74) is 0. The van der Waals surface area contributed by atoms with Gasteiger partial charge in [-0.3, -0.25) is 9.11 Å². The summed E-state index contributed by atoms with van der Waals surface area (Å²) in [6.07, 6.45) is -0.0484. The number of ether oxygens (including phenoxy) is 1. The molecule has 3 N–H and O–H groups in total. The van der Waals surface area contributed by atoms with Crippen LogP contribution < -0.4 is 0 Å². The van der Waals surface area contributed by atoms with Crippen LogP contribution in [0.4, 0.5) is 0 Å². The molecule has 0 heterocycles. The normalized spacial score (nSPS) is 12.0. The Morgan fingerprint density at radius 3 is 1.92 bits per heavy atom. The van der Waals surface area contributed by atoms with Crippen LogP contribution in [0.15, 0.2) is 12.7 Å². The average Bonchev–Trinajstić information content (AvgIpc) is 1.82. The van der Waals surface area contributed by atoms with E-state index in [1.165, 1.54) is 6.92 Å². The van der Waals surface area contributed by atoms with Gasteiger partial charge >= 0.3 is 16.4 Å². The summed E-state index contributed by atoms with van der Waals surface area (Å²) in [7, 11) is -4.67. The van der Waals surface area contributed by atoms with Gasteiger partial charge in [0, 0.05) is 6.08 Å². The minimum atomic E-state index is -4.67. The molecule has 8 heteroatoms. The number of aliphatic hydroxyl groups excluding tert-OH is 1. The molecule has 0 rings (SSSR count). The highest BCUT2D eigenvalue weighted by Crippen LogP contribution is 1.84. The zero-order valence-electron chi connectivity index (χ0n) is 6.74. The van der Waals surface area contributed by atoms with E-state index in [9.17, 15) is 4.79 Å². The second kappa shape index (κ2) is 6.54. The van der Waals surface area contributed by atoms with E-state index in [4.69, 9.17) is 22.6 Å². The van der Waals surface area contributed by atoms with Crippen LogP contribution in [0.2, 0.25) is 0 Å².